The van der Waals surface area contributed by atoms with Crippen LogP contribution in [0.5, 0.6) is 11.5 Å². The van der Waals surface area contributed by atoms with Crippen LogP contribution in [0.1, 0.15) is 12.1 Å². The van der Waals surface area contributed by atoms with Gasteiger partial charge in [0, 0.05) is 24.8 Å². The van der Waals surface area contributed by atoms with Crippen LogP contribution < -0.4 is 14.8 Å². The summed E-state index contributed by atoms with van der Waals surface area (Å²) < 4.78 is 49.4. The van der Waals surface area contributed by atoms with E-state index in [-0.39, 0.29) is 17.3 Å². The lowest BCUT2D eigenvalue weighted by Crippen LogP contribution is -2.20. The van der Waals surface area contributed by atoms with Gasteiger partial charge in [0.2, 0.25) is 5.91 Å². The molecule has 0 aliphatic carbocycles. The molecule has 0 unspecified atom stereocenters. The molecule has 1 aromatic heterocycles. The Morgan fingerprint density at radius 1 is 1.28 bits per heavy atom. The van der Waals surface area contributed by atoms with Gasteiger partial charge in [0.05, 0.1) is 23.9 Å². The van der Waals surface area contributed by atoms with Gasteiger partial charge in [0.15, 0.2) is 17.2 Å². The number of hydrogen-bond donors (Lipinski definition) is 1. The number of carbonyl (C=O) groups is 1. The van der Waals surface area contributed by atoms with Gasteiger partial charge in [-0.05, 0) is 6.07 Å². The quantitative estimate of drug-likeness (QED) is 0.893. The molecular formula is C15H13ClF3N3O3. The van der Waals surface area contributed by atoms with Gasteiger partial charge in [-0.3, -0.25) is 9.48 Å². The number of halogens is 4. The number of nitrogens with one attached hydrogen (secondary N) is 1. The first-order chi connectivity index (χ1) is 11.8. The van der Waals surface area contributed by atoms with E-state index in [2.05, 4.69) is 10.4 Å². The van der Waals surface area contributed by atoms with Crippen LogP contribution in [0.25, 0.3) is 0 Å². The maximum absolute atomic E-state index is 12.5. The minimum atomic E-state index is -4.56. The summed E-state index contributed by atoms with van der Waals surface area (Å²) in [4.78, 5) is 12.0. The maximum Gasteiger partial charge on any atom is 0.435 e. The average molecular weight is 376 g/mol. The zero-order valence-electron chi connectivity index (χ0n) is 12.8. The lowest BCUT2D eigenvalue weighted by atomic mass is 10.2. The Kier molecular flexibility index (Phi) is 4.76. The van der Waals surface area contributed by atoms with E-state index in [9.17, 15) is 18.0 Å². The topological polar surface area (TPSA) is 65.4 Å². The molecule has 0 radical (unpaired) electrons. The molecule has 2 heterocycles. The van der Waals surface area contributed by atoms with Crippen molar-refractivity contribution in [2.45, 2.75) is 19.1 Å². The van der Waals surface area contributed by atoms with E-state index in [0.717, 1.165) is 23.4 Å². The highest BCUT2D eigenvalue weighted by Gasteiger charge is 2.33. The molecular weight excluding hydrogens is 363 g/mol. The lowest BCUT2D eigenvalue weighted by molar-refractivity contribution is -0.141. The van der Waals surface area contributed by atoms with E-state index in [4.69, 9.17) is 21.1 Å². The summed E-state index contributed by atoms with van der Waals surface area (Å²) in [5, 5.41) is 6.08. The molecule has 0 fully saturated rings. The molecule has 2 aromatic rings. The van der Waals surface area contributed by atoms with E-state index in [1.165, 1.54) is 12.1 Å². The second-order valence-electron chi connectivity index (χ2n) is 5.27. The maximum atomic E-state index is 12.5. The molecule has 3 rings (SSSR count). The molecule has 1 aliphatic rings. The molecule has 1 aliphatic heterocycles. The highest BCUT2D eigenvalue weighted by Crippen LogP contribution is 2.37. The molecule has 0 bridgehead atoms. The Hall–Kier alpha value is -2.42. The van der Waals surface area contributed by atoms with E-state index in [0.29, 0.717) is 24.7 Å². The fourth-order valence-electron chi connectivity index (χ4n) is 2.22. The van der Waals surface area contributed by atoms with Crippen molar-refractivity contribution >= 4 is 23.2 Å². The first-order valence-corrected chi connectivity index (χ1v) is 7.70. The number of carbonyl (C=O) groups excluding carboxylic acids is 1. The first kappa shape index (κ1) is 17.4. The van der Waals surface area contributed by atoms with Crippen LogP contribution in [-0.4, -0.2) is 28.9 Å². The molecule has 0 saturated carbocycles. The predicted molar refractivity (Wildman–Crippen MR) is 82.9 cm³/mol. The second-order valence-corrected chi connectivity index (χ2v) is 5.68. The van der Waals surface area contributed by atoms with Gasteiger partial charge in [-0.2, -0.15) is 18.3 Å². The van der Waals surface area contributed by atoms with Gasteiger partial charge in [0.1, 0.15) is 6.54 Å². The summed E-state index contributed by atoms with van der Waals surface area (Å²) in [6, 6.07) is 3.84. The molecule has 134 valence electrons. The SMILES string of the molecule is O=C(Cn1ccc(C(F)(F)F)n1)Nc1cc2c(cc1Cl)OCCCO2. The number of rotatable bonds is 3. The summed E-state index contributed by atoms with van der Waals surface area (Å²) in [5.41, 5.74) is -0.784. The zero-order chi connectivity index (χ0) is 18.0. The number of ether oxygens (including phenoxy) is 2. The number of amides is 1. The number of anilines is 1. The van der Waals surface area contributed by atoms with Gasteiger partial charge in [-0.1, -0.05) is 11.6 Å². The van der Waals surface area contributed by atoms with Crippen LogP contribution in [0.3, 0.4) is 0 Å². The standard InChI is InChI=1S/C15H13ClF3N3O3/c16-9-6-11-12(25-5-1-4-24-11)7-10(9)20-14(23)8-22-3-2-13(21-22)15(17,18)19/h2-3,6-7H,1,4-5,8H2,(H,20,23). The molecule has 10 heteroatoms. The number of aromatic nitrogens is 2. The van der Waals surface area contributed by atoms with Gasteiger partial charge in [0.25, 0.3) is 0 Å². The van der Waals surface area contributed by atoms with Crippen LogP contribution >= 0.6 is 11.6 Å². The van der Waals surface area contributed by atoms with Crippen LogP contribution in [-0.2, 0) is 17.5 Å². The summed E-state index contributed by atoms with van der Waals surface area (Å²) in [6.45, 7) is 0.576. The van der Waals surface area contributed by atoms with Crippen molar-refractivity contribution in [3.63, 3.8) is 0 Å². The first-order valence-electron chi connectivity index (χ1n) is 7.32. The molecule has 0 saturated heterocycles. The van der Waals surface area contributed by atoms with Gasteiger partial charge in [-0.25, -0.2) is 0 Å². The van der Waals surface area contributed by atoms with Crippen LogP contribution in [0.4, 0.5) is 18.9 Å². The van der Waals surface area contributed by atoms with Gasteiger partial charge in [-0.15, -0.1) is 0 Å². The Morgan fingerprint density at radius 3 is 2.60 bits per heavy atom. The minimum Gasteiger partial charge on any atom is -0.490 e. The third kappa shape index (κ3) is 4.16. The Balaban J connectivity index is 1.70. The molecule has 1 aromatic carbocycles. The summed E-state index contributed by atoms with van der Waals surface area (Å²) in [7, 11) is 0. The summed E-state index contributed by atoms with van der Waals surface area (Å²) >= 11 is 6.10. The minimum absolute atomic E-state index is 0.231. The van der Waals surface area contributed by atoms with E-state index in [1.807, 2.05) is 0 Å². The van der Waals surface area contributed by atoms with Crippen molar-refractivity contribution in [2.75, 3.05) is 18.5 Å². The zero-order valence-corrected chi connectivity index (χ0v) is 13.5. The van der Waals surface area contributed by atoms with Crippen molar-refractivity contribution in [2.24, 2.45) is 0 Å². The van der Waals surface area contributed by atoms with Gasteiger partial charge >= 0.3 is 6.18 Å². The van der Waals surface area contributed by atoms with Crippen molar-refractivity contribution in [3.05, 3.63) is 35.1 Å². The predicted octanol–water partition coefficient (Wildman–Crippen LogP) is 3.36. The number of benzene rings is 1. The summed E-state index contributed by atoms with van der Waals surface area (Å²) in [6.07, 6.45) is -2.76. The van der Waals surface area contributed by atoms with E-state index < -0.39 is 17.8 Å². The second kappa shape index (κ2) is 6.83. The molecule has 1 N–H and O–H groups in total. The third-order valence-electron chi connectivity index (χ3n) is 3.35. The highest BCUT2D eigenvalue weighted by atomic mass is 35.5. The molecule has 6 nitrogen and oxygen atoms in total. The fourth-order valence-corrected chi connectivity index (χ4v) is 2.42. The number of fused-ring (bicyclic) bond motifs is 1. The van der Waals surface area contributed by atoms with Crippen LogP contribution in [0.15, 0.2) is 24.4 Å². The number of nitrogens with zero attached hydrogens (tertiary/aromatic N) is 2. The smallest absolute Gasteiger partial charge is 0.435 e. The Morgan fingerprint density at radius 2 is 1.96 bits per heavy atom. The lowest BCUT2D eigenvalue weighted by Gasteiger charge is -2.12. The number of alkyl halides is 3. The van der Waals surface area contributed by atoms with Crippen molar-refractivity contribution in [1.29, 1.82) is 0 Å². The monoisotopic (exact) mass is 375 g/mol. The molecule has 0 atom stereocenters. The molecule has 25 heavy (non-hydrogen) atoms. The van der Waals surface area contributed by atoms with E-state index >= 15 is 0 Å². The summed E-state index contributed by atoms with van der Waals surface area (Å²) in [5.74, 6) is 0.339. The van der Waals surface area contributed by atoms with Crippen molar-refractivity contribution < 1.29 is 27.4 Å². The van der Waals surface area contributed by atoms with Crippen molar-refractivity contribution in [1.82, 2.24) is 9.78 Å². The highest BCUT2D eigenvalue weighted by molar-refractivity contribution is 6.34. The third-order valence-corrected chi connectivity index (χ3v) is 3.66. The van der Waals surface area contributed by atoms with Crippen LogP contribution in [0, 0.1) is 0 Å². The van der Waals surface area contributed by atoms with Crippen LogP contribution in [0.2, 0.25) is 5.02 Å². The normalized spacial score (nSPS) is 14.1. The molecule has 1 amide bonds. The Bertz CT molecular complexity index is 792. The Labute approximate surface area is 145 Å². The average Bonchev–Trinajstić information content (AvgIpc) is 2.88. The van der Waals surface area contributed by atoms with E-state index in [1.54, 1.807) is 0 Å². The fraction of sp³-hybridized carbons (Fsp3) is 0.333. The van der Waals surface area contributed by atoms with Gasteiger partial charge < -0.3 is 14.8 Å². The van der Waals surface area contributed by atoms with Crippen molar-refractivity contribution in [3.8, 4) is 11.5 Å². The molecule has 0 spiro atoms. The number of hydrogen-bond acceptors (Lipinski definition) is 4. The largest absolute Gasteiger partial charge is 0.490 e.